The van der Waals surface area contributed by atoms with Crippen LogP contribution in [-0.2, 0) is 0 Å². The molecule has 0 spiro atoms. The lowest BCUT2D eigenvalue weighted by Gasteiger charge is -2.11. The van der Waals surface area contributed by atoms with Crippen LogP contribution in [0.2, 0.25) is 0 Å². The number of hydrogen-bond acceptors (Lipinski definition) is 0. The smallest absolute Gasteiger partial charge is 0.0622 e. The highest BCUT2D eigenvalue weighted by Gasteiger charge is 2.06. The van der Waals surface area contributed by atoms with E-state index in [9.17, 15) is 0 Å². The lowest BCUT2D eigenvalue weighted by molar-refractivity contribution is 1.46. The molecule has 0 heteroatoms. The van der Waals surface area contributed by atoms with E-state index in [1.807, 2.05) is 55.5 Å². The Hall–Kier alpha value is -2.34. The van der Waals surface area contributed by atoms with E-state index in [4.69, 9.17) is 6.85 Å². The summed E-state index contributed by atoms with van der Waals surface area (Å²) in [4.78, 5) is 0. The minimum atomic E-state index is -0.373. The number of hydrogen-bond donors (Lipinski definition) is 0. The summed E-state index contributed by atoms with van der Waals surface area (Å²) >= 11 is 0. The van der Waals surface area contributed by atoms with Gasteiger partial charge in [-0.15, -0.1) is 0 Å². The molecule has 0 heterocycles. The van der Waals surface area contributed by atoms with Gasteiger partial charge in [-0.2, -0.15) is 0 Å². The molecule has 0 saturated heterocycles. The third-order valence-electron chi connectivity index (χ3n) is 3.03. The summed E-state index contributed by atoms with van der Waals surface area (Å²) in [5.74, 6) is 0. The molecule has 0 atom stereocenters. The van der Waals surface area contributed by atoms with Gasteiger partial charge in [-0.3, -0.25) is 0 Å². The molecule has 0 unspecified atom stereocenters. The highest BCUT2D eigenvalue weighted by Crippen LogP contribution is 2.32. The molecule has 0 N–H and O–H groups in total. The van der Waals surface area contributed by atoms with Crippen LogP contribution in [0.4, 0.5) is 0 Å². The van der Waals surface area contributed by atoms with Crippen molar-refractivity contribution in [1.29, 1.82) is 0 Å². The fourth-order valence-electron chi connectivity index (χ4n) is 2.12. The molecule has 0 radical (unpaired) electrons. The van der Waals surface area contributed by atoms with Gasteiger partial charge in [-0.25, -0.2) is 0 Å². The molecule has 0 bridgehead atoms. The van der Waals surface area contributed by atoms with E-state index in [1.54, 1.807) is 0 Å². The predicted molar refractivity (Wildman–Crippen MR) is 82.1 cm³/mol. The monoisotopic (exact) mass is 249 g/mol. The van der Waals surface area contributed by atoms with Crippen LogP contribution in [0.25, 0.3) is 22.3 Å². The van der Waals surface area contributed by atoms with Crippen molar-refractivity contribution >= 4 is 0 Å². The number of aryl methyl sites for hydroxylation is 1. The van der Waals surface area contributed by atoms with Gasteiger partial charge in [0, 0.05) is 0 Å². The zero-order chi connectivity index (χ0) is 17.4. The predicted octanol–water partition coefficient (Wildman–Crippen LogP) is 5.33. The normalized spacial score (nSPS) is 14.1. The average molecular weight is 249 g/mol. The van der Waals surface area contributed by atoms with Crippen molar-refractivity contribution in [2.24, 2.45) is 0 Å². The maximum atomic E-state index is 8.21. The van der Waals surface area contributed by atoms with E-state index in [2.05, 4.69) is 0 Å². The molecule has 19 heavy (non-hydrogen) atoms. The Balaban J connectivity index is 2.37. The van der Waals surface area contributed by atoms with E-state index >= 15 is 0 Å². The quantitative estimate of drug-likeness (QED) is 0.576. The number of benzene rings is 3. The van der Waals surface area contributed by atoms with Gasteiger partial charge in [0.05, 0.1) is 6.85 Å². The van der Waals surface area contributed by atoms with Crippen molar-refractivity contribution in [3.05, 3.63) is 84.3 Å². The Morgan fingerprint density at radius 2 is 1.47 bits per heavy atom. The fraction of sp³-hybridized carbons (Fsp3) is 0.0526. The van der Waals surface area contributed by atoms with Crippen LogP contribution < -0.4 is 0 Å². The third-order valence-corrected chi connectivity index (χ3v) is 3.03. The first-order chi connectivity index (χ1) is 11.4. The second-order valence-electron chi connectivity index (χ2n) is 4.42. The van der Waals surface area contributed by atoms with Gasteiger partial charge in [0.25, 0.3) is 0 Å². The Morgan fingerprint density at radius 3 is 2.21 bits per heavy atom. The molecule has 3 aromatic carbocycles. The molecule has 0 aliphatic heterocycles. The maximum absolute atomic E-state index is 8.21. The van der Waals surface area contributed by atoms with Crippen LogP contribution in [0.1, 0.15) is 12.4 Å². The summed E-state index contributed by atoms with van der Waals surface area (Å²) < 4.78 is 40.0. The fourth-order valence-corrected chi connectivity index (χ4v) is 2.12. The Kier molecular flexibility index (Phi) is 1.96. The molecule has 3 aromatic rings. The van der Waals surface area contributed by atoms with Gasteiger partial charge < -0.3 is 0 Å². The van der Waals surface area contributed by atoms with Crippen LogP contribution >= 0.6 is 0 Å². The second-order valence-corrected chi connectivity index (χ2v) is 4.42. The van der Waals surface area contributed by atoms with E-state index in [1.165, 1.54) is 0 Å². The van der Waals surface area contributed by atoms with Crippen molar-refractivity contribution in [3.8, 4) is 22.3 Å². The lowest BCUT2D eigenvalue weighted by Crippen LogP contribution is -1.86. The van der Waals surface area contributed by atoms with Gasteiger partial charge in [0.2, 0.25) is 0 Å². The first-order valence-electron chi connectivity index (χ1n) is 8.65. The SMILES string of the molecule is [2H]c1c([2H])c([2H])c(-c2ccc(C)cc2-c2ccccc2)c([2H])c1[2H]. The molecule has 0 aliphatic carbocycles. The zero-order valence-corrected chi connectivity index (χ0v) is 10.6. The Labute approximate surface area is 121 Å². The molecule has 92 valence electrons. The lowest BCUT2D eigenvalue weighted by atomic mass is 9.93. The molecular formula is C19H16. The van der Waals surface area contributed by atoms with Crippen LogP contribution in [0, 0.1) is 6.92 Å². The van der Waals surface area contributed by atoms with Crippen molar-refractivity contribution in [2.75, 3.05) is 0 Å². The summed E-state index contributed by atoms with van der Waals surface area (Å²) in [6.07, 6.45) is 0. The van der Waals surface area contributed by atoms with Crippen molar-refractivity contribution in [2.45, 2.75) is 6.92 Å². The third kappa shape index (κ3) is 2.43. The van der Waals surface area contributed by atoms with Crippen LogP contribution in [0.3, 0.4) is 0 Å². The van der Waals surface area contributed by atoms with E-state index < -0.39 is 0 Å². The van der Waals surface area contributed by atoms with Crippen LogP contribution in [0.5, 0.6) is 0 Å². The first-order valence-corrected chi connectivity index (χ1v) is 6.15. The van der Waals surface area contributed by atoms with Crippen LogP contribution in [0.15, 0.2) is 78.7 Å². The van der Waals surface area contributed by atoms with Crippen molar-refractivity contribution < 1.29 is 6.85 Å². The Morgan fingerprint density at radius 1 is 0.737 bits per heavy atom. The number of rotatable bonds is 2. The van der Waals surface area contributed by atoms with Crippen LogP contribution in [-0.4, -0.2) is 0 Å². The van der Waals surface area contributed by atoms with Gasteiger partial charge in [-0.1, -0.05) is 84.3 Å². The highest BCUT2D eigenvalue weighted by molar-refractivity contribution is 5.83. The van der Waals surface area contributed by atoms with E-state index in [-0.39, 0.29) is 35.8 Å². The first kappa shape index (κ1) is 7.30. The maximum Gasteiger partial charge on any atom is 0.0629 e. The molecule has 0 amide bonds. The summed E-state index contributed by atoms with van der Waals surface area (Å²) in [5.41, 5.74) is 3.73. The van der Waals surface area contributed by atoms with Gasteiger partial charge in [-0.05, 0) is 29.2 Å². The largest absolute Gasteiger partial charge is 0.0629 e. The second kappa shape index (κ2) is 5.11. The highest BCUT2D eigenvalue weighted by atomic mass is 14.1. The molecule has 0 saturated carbocycles. The topological polar surface area (TPSA) is 0 Å². The summed E-state index contributed by atoms with van der Waals surface area (Å²) in [5, 5.41) is 0. The molecule has 3 rings (SSSR count). The molecule has 0 aromatic heterocycles. The van der Waals surface area contributed by atoms with E-state index in [0.717, 1.165) is 16.7 Å². The van der Waals surface area contributed by atoms with Gasteiger partial charge >= 0.3 is 0 Å². The average Bonchev–Trinajstić information content (AvgIpc) is 2.60. The minimum Gasteiger partial charge on any atom is -0.0622 e. The van der Waals surface area contributed by atoms with Gasteiger partial charge in [0.1, 0.15) is 0 Å². The summed E-state index contributed by atoms with van der Waals surface area (Å²) in [6, 6.07) is 14.0. The van der Waals surface area contributed by atoms with Crippen molar-refractivity contribution in [1.82, 2.24) is 0 Å². The summed E-state index contributed by atoms with van der Waals surface area (Å²) in [7, 11) is 0. The van der Waals surface area contributed by atoms with Gasteiger partial charge in [0.15, 0.2) is 0 Å². The standard InChI is InChI=1S/C19H16/c1-15-12-13-18(16-8-4-2-5-9-16)19(14-15)17-10-6-3-7-11-17/h2-14H,1H3/i2D,4D,5D,8D,9D. The van der Waals surface area contributed by atoms with Crippen molar-refractivity contribution in [3.63, 3.8) is 0 Å². The molecular weight excluding hydrogens is 228 g/mol. The zero-order valence-electron chi connectivity index (χ0n) is 15.6. The van der Waals surface area contributed by atoms with E-state index in [0.29, 0.717) is 5.56 Å². The molecule has 0 nitrogen and oxygen atoms in total. The summed E-state index contributed by atoms with van der Waals surface area (Å²) in [6.45, 7) is 1.97. The molecule has 0 fully saturated rings. The minimum absolute atomic E-state index is 0.179. The molecule has 0 aliphatic rings. The Bertz CT molecular complexity index is 888.